The summed E-state index contributed by atoms with van der Waals surface area (Å²) in [6.45, 7) is 0. The molecule has 0 saturated carbocycles. The summed E-state index contributed by atoms with van der Waals surface area (Å²) in [6, 6.07) is 7.03. The molecule has 0 saturated heterocycles. The Morgan fingerprint density at radius 2 is 0.872 bits per heavy atom. The second-order valence-electron chi connectivity index (χ2n) is 11.4. The molecule has 4 aromatic rings. The third-order valence-electron chi connectivity index (χ3n) is 8.46. The smallest absolute Gasteiger partial charge is 0.202 e. The number of ether oxygens (including phenoxy) is 4. The summed E-state index contributed by atoms with van der Waals surface area (Å²) in [4.78, 5) is 0. The molecule has 2 aliphatic heterocycles. The Morgan fingerprint density at radius 3 is 1.19 bits per heavy atom. The number of aromatic hydroxyl groups is 8. The Bertz CT molecular complexity index is 1710. The number of hydrogen-bond donors (Lipinski definition) is 10. The second-order valence-corrected chi connectivity index (χ2v) is 11.4. The molecule has 0 spiro atoms. The third-order valence-corrected chi connectivity index (χ3v) is 8.46. The summed E-state index contributed by atoms with van der Waals surface area (Å²) in [7, 11) is 2.51. The molecule has 0 aliphatic carbocycles. The van der Waals surface area contributed by atoms with Gasteiger partial charge in [0.05, 0.1) is 26.4 Å². The Kier molecular flexibility index (Phi) is 7.77. The summed E-state index contributed by atoms with van der Waals surface area (Å²) in [5.41, 5.74) is 0.673. The number of aliphatic hydroxyl groups excluding tert-OH is 2. The molecular weight excluding hydrogens is 620 g/mol. The lowest BCUT2D eigenvalue weighted by Gasteiger charge is -2.34. The molecule has 0 aromatic heterocycles. The van der Waals surface area contributed by atoms with Gasteiger partial charge in [0.25, 0.3) is 0 Å². The highest BCUT2D eigenvalue weighted by Gasteiger charge is 2.38. The molecule has 2 aliphatic rings. The molecule has 0 amide bonds. The largest absolute Gasteiger partial charge is 0.507 e. The van der Waals surface area contributed by atoms with Gasteiger partial charge in [0.2, 0.25) is 11.5 Å². The zero-order valence-corrected chi connectivity index (χ0v) is 25.0. The van der Waals surface area contributed by atoms with E-state index < -0.39 is 58.9 Å². The van der Waals surface area contributed by atoms with Gasteiger partial charge in [-0.05, 0) is 24.3 Å². The van der Waals surface area contributed by atoms with Gasteiger partial charge in [-0.1, -0.05) is 0 Å². The van der Waals surface area contributed by atoms with Gasteiger partial charge in [-0.25, -0.2) is 0 Å². The van der Waals surface area contributed by atoms with Crippen LogP contribution >= 0.6 is 0 Å². The molecule has 0 radical (unpaired) electrons. The molecule has 2 heterocycles. The van der Waals surface area contributed by atoms with Crippen LogP contribution in [0.5, 0.6) is 69.0 Å². The van der Waals surface area contributed by atoms with E-state index in [-0.39, 0.29) is 87.1 Å². The lowest BCUT2D eigenvalue weighted by atomic mass is 9.88. The minimum atomic E-state index is -1.27. The van der Waals surface area contributed by atoms with Crippen LogP contribution in [0.15, 0.2) is 36.4 Å². The number of rotatable bonds is 6. The van der Waals surface area contributed by atoms with Crippen LogP contribution in [0.25, 0.3) is 0 Å². The highest BCUT2D eigenvalue weighted by atomic mass is 16.5. The van der Waals surface area contributed by atoms with Crippen LogP contribution < -0.4 is 18.9 Å². The van der Waals surface area contributed by atoms with Gasteiger partial charge >= 0.3 is 0 Å². The van der Waals surface area contributed by atoms with E-state index in [0.29, 0.717) is 0 Å². The van der Waals surface area contributed by atoms with Crippen LogP contribution in [-0.2, 0) is 19.3 Å². The number of benzene rings is 4. The average Bonchev–Trinajstić information content (AvgIpc) is 3.00. The van der Waals surface area contributed by atoms with Crippen LogP contribution in [0.2, 0.25) is 0 Å². The SMILES string of the molecule is COc1c(O)cc(C2Oc3c(Cc4c(O)cc(O)c5c4OC(c4cc(O)c(OC)c(O)c4)C(O)C5)c(O)cc(O)c3CC2O)cc1O. The van der Waals surface area contributed by atoms with Crippen LogP contribution in [0.3, 0.4) is 0 Å². The lowest BCUT2D eigenvalue weighted by molar-refractivity contribution is 0.0180. The van der Waals surface area contributed by atoms with E-state index in [1.165, 1.54) is 38.5 Å². The first-order valence-corrected chi connectivity index (χ1v) is 14.3. The van der Waals surface area contributed by atoms with Crippen LogP contribution in [-0.4, -0.2) is 77.5 Å². The maximum atomic E-state index is 11.0. The molecule has 14 nitrogen and oxygen atoms in total. The van der Waals surface area contributed by atoms with Gasteiger partial charge in [-0.3, -0.25) is 0 Å². The third kappa shape index (κ3) is 5.26. The van der Waals surface area contributed by atoms with E-state index >= 15 is 0 Å². The summed E-state index contributed by atoms with van der Waals surface area (Å²) < 4.78 is 22.2. The van der Waals surface area contributed by atoms with Crippen LogP contribution in [0.4, 0.5) is 0 Å². The number of fused-ring (bicyclic) bond motifs is 2. The topological polar surface area (TPSA) is 239 Å². The Labute approximate surface area is 266 Å². The Balaban J connectivity index is 1.43. The maximum Gasteiger partial charge on any atom is 0.202 e. The van der Waals surface area contributed by atoms with Crippen molar-refractivity contribution in [3.8, 4) is 69.0 Å². The van der Waals surface area contributed by atoms with Crippen molar-refractivity contribution < 1.29 is 70.0 Å². The fourth-order valence-corrected chi connectivity index (χ4v) is 6.24. The van der Waals surface area contributed by atoms with E-state index in [1.807, 2.05) is 0 Å². The minimum absolute atomic E-state index is 0.0471. The van der Waals surface area contributed by atoms with Crippen LogP contribution in [0.1, 0.15) is 45.6 Å². The zero-order chi connectivity index (χ0) is 33.9. The van der Waals surface area contributed by atoms with E-state index in [9.17, 15) is 51.1 Å². The number of methoxy groups -OCH3 is 2. The van der Waals surface area contributed by atoms with Crippen molar-refractivity contribution in [1.82, 2.24) is 0 Å². The van der Waals surface area contributed by atoms with E-state index in [0.717, 1.165) is 12.1 Å². The molecule has 4 atom stereocenters. The standard InChI is InChI=1S/C33H32O14/c1-44-32-22(38)3-12(4-23(32)39)28-26(42)8-16-20(36)10-18(34)14(30(16)46-28)7-15-19(35)11-21(37)17-9-27(43)29(47-31(15)17)13-5-24(40)33(45-2)25(41)6-13/h3-6,10-11,26-29,34-43H,7-9H2,1-2H3. The molecule has 0 bridgehead atoms. The first-order valence-electron chi connectivity index (χ1n) is 14.3. The highest BCUT2D eigenvalue weighted by molar-refractivity contribution is 5.64. The predicted molar refractivity (Wildman–Crippen MR) is 161 cm³/mol. The van der Waals surface area contributed by atoms with Crippen molar-refractivity contribution in [1.29, 1.82) is 0 Å². The van der Waals surface area contributed by atoms with E-state index in [1.54, 1.807) is 0 Å². The van der Waals surface area contributed by atoms with Gasteiger partial charge in [0.1, 0.15) is 34.5 Å². The number of aliphatic hydroxyl groups is 2. The van der Waals surface area contributed by atoms with Gasteiger partial charge in [0.15, 0.2) is 35.2 Å². The fraction of sp³-hybridized carbons (Fsp3) is 0.273. The normalized spacial score (nSPS) is 20.0. The average molecular weight is 653 g/mol. The quantitative estimate of drug-likeness (QED) is 0.144. The van der Waals surface area contributed by atoms with Crippen molar-refractivity contribution >= 4 is 0 Å². The molecular formula is C33H32O14. The number of phenolic OH excluding ortho intramolecular Hbond substituents is 8. The molecule has 14 heteroatoms. The minimum Gasteiger partial charge on any atom is -0.507 e. The van der Waals surface area contributed by atoms with Crippen molar-refractivity contribution in [3.05, 3.63) is 69.8 Å². The summed E-state index contributed by atoms with van der Waals surface area (Å²) in [6.07, 6.45) is -5.57. The maximum absolute atomic E-state index is 11.0. The van der Waals surface area contributed by atoms with Gasteiger partial charge in [-0.2, -0.15) is 0 Å². The molecule has 10 N–H and O–H groups in total. The first kappa shape index (κ1) is 31.4. The monoisotopic (exact) mass is 652 g/mol. The summed E-state index contributed by atoms with van der Waals surface area (Å²) in [5, 5.41) is 107. The predicted octanol–water partition coefficient (Wildman–Crippen LogP) is 3.01. The van der Waals surface area contributed by atoms with Crippen molar-refractivity contribution in [2.24, 2.45) is 0 Å². The Morgan fingerprint density at radius 1 is 0.532 bits per heavy atom. The van der Waals surface area contributed by atoms with Crippen molar-refractivity contribution in [2.45, 2.75) is 43.7 Å². The molecule has 47 heavy (non-hydrogen) atoms. The van der Waals surface area contributed by atoms with Crippen molar-refractivity contribution in [3.63, 3.8) is 0 Å². The van der Waals surface area contributed by atoms with Crippen molar-refractivity contribution in [2.75, 3.05) is 14.2 Å². The van der Waals surface area contributed by atoms with Gasteiger partial charge < -0.3 is 70.0 Å². The second kappa shape index (κ2) is 11.6. The van der Waals surface area contributed by atoms with Gasteiger partial charge in [-0.15, -0.1) is 0 Å². The summed E-state index contributed by atoms with van der Waals surface area (Å²) >= 11 is 0. The first-order chi connectivity index (χ1) is 22.3. The molecule has 6 rings (SSSR count). The molecule has 4 aromatic carbocycles. The fourth-order valence-electron chi connectivity index (χ4n) is 6.24. The highest BCUT2D eigenvalue weighted by Crippen LogP contribution is 2.52. The van der Waals surface area contributed by atoms with Gasteiger partial charge in [0, 0.05) is 64.8 Å². The molecule has 0 fully saturated rings. The lowest BCUT2D eigenvalue weighted by Crippen LogP contribution is -2.31. The number of phenols is 8. The van der Waals surface area contributed by atoms with E-state index in [2.05, 4.69) is 0 Å². The Hall–Kier alpha value is -5.60. The van der Waals surface area contributed by atoms with E-state index in [4.69, 9.17) is 18.9 Å². The zero-order valence-electron chi connectivity index (χ0n) is 25.0. The molecule has 248 valence electrons. The summed E-state index contributed by atoms with van der Waals surface area (Å²) in [5.74, 6) is -3.81. The van der Waals surface area contributed by atoms with Crippen LogP contribution in [0, 0.1) is 0 Å². The molecule has 4 unspecified atom stereocenters. The number of hydrogen-bond acceptors (Lipinski definition) is 14.